The molecule has 0 atom stereocenters. The summed E-state index contributed by atoms with van der Waals surface area (Å²) in [6, 6.07) is 6.85. The van der Waals surface area contributed by atoms with E-state index in [1.807, 2.05) is 6.07 Å². The molecular weight excluding hydrogens is 939 g/mol. The molecule has 0 saturated heterocycles. The van der Waals surface area contributed by atoms with Crippen LogP contribution in [-0.2, 0) is 29.6 Å². The second-order valence-electron chi connectivity index (χ2n) is 12.7. The predicted molar refractivity (Wildman–Crippen MR) is 218 cm³/mol. The lowest BCUT2D eigenvalue weighted by Crippen LogP contribution is -2.13. The van der Waals surface area contributed by atoms with Crippen LogP contribution in [0.1, 0.15) is 27.3 Å². The van der Waals surface area contributed by atoms with Gasteiger partial charge in [0.25, 0.3) is 37.8 Å². The number of benzene rings is 2. The molecule has 34 heteroatoms. The quantitative estimate of drug-likeness (QED) is 0.0202. The third kappa shape index (κ3) is 8.94. The van der Waals surface area contributed by atoms with Gasteiger partial charge < -0.3 is 21.7 Å². The second kappa shape index (κ2) is 17.5. The fraction of sp³-hybridized carbons (Fsp3) is 0.0625. The van der Waals surface area contributed by atoms with E-state index in [1.165, 1.54) is 19.9 Å². The average molecular weight is 962 g/mol. The number of nitrogens with zero attached hydrogens (tertiary/aromatic N) is 17. The van der Waals surface area contributed by atoms with Gasteiger partial charge in [0.2, 0.25) is 0 Å². The third-order valence-corrected chi connectivity index (χ3v) is 10.8. The van der Waals surface area contributed by atoms with Gasteiger partial charge in [0, 0.05) is 4.90 Å². The highest BCUT2D eigenvalue weighted by Crippen LogP contribution is 2.37. The smallest absolute Gasteiger partial charge is 0.335 e. The van der Waals surface area contributed by atoms with E-state index in [0.29, 0.717) is 18.1 Å². The van der Waals surface area contributed by atoms with Gasteiger partial charge in [0.15, 0.2) is 34.6 Å². The SMILES string of the molecule is [C-]#[N+]c1cnn(-c2cc(SOOO)cc(S(=O)(=O)O)c2)c1N=Nc1c(C)nn(-c2nc(O)nc(-n3nc(C)c(N=Nc4c(C#N)cnn4-c4cc(C(=O)O)cc(S(=O)(=O)O)c4)c3N)n2)c1N. The lowest BCUT2D eigenvalue weighted by molar-refractivity contribution is -0.432. The summed E-state index contributed by atoms with van der Waals surface area (Å²) in [5.74, 6) is -3.47. The minimum absolute atomic E-state index is 0.00718. The molecule has 0 bridgehead atoms. The maximum atomic E-state index is 12.0. The van der Waals surface area contributed by atoms with Crippen LogP contribution in [0.3, 0.4) is 0 Å². The van der Waals surface area contributed by atoms with Crippen molar-refractivity contribution in [1.82, 2.24) is 54.1 Å². The zero-order valence-corrected chi connectivity index (χ0v) is 35.1. The highest BCUT2D eigenvalue weighted by molar-refractivity contribution is 7.94. The van der Waals surface area contributed by atoms with E-state index in [2.05, 4.69) is 70.0 Å². The molecule has 0 radical (unpaired) electrons. The van der Waals surface area contributed by atoms with Crippen molar-refractivity contribution in [2.45, 2.75) is 28.5 Å². The molecule has 0 amide bonds. The van der Waals surface area contributed by atoms with Crippen LogP contribution in [0, 0.1) is 31.8 Å². The lowest BCUT2D eigenvalue weighted by atomic mass is 10.2. The number of aromatic hydroxyl groups is 1. The van der Waals surface area contributed by atoms with Crippen LogP contribution in [0.25, 0.3) is 28.1 Å². The van der Waals surface area contributed by atoms with Crippen molar-refractivity contribution in [2.75, 3.05) is 11.5 Å². The first-order chi connectivity index (χ1) is 31.2. The van der Waals surface area contributed by atoms with Gasteiger partial charge in [-0.05, 0) is 50.2 Å². The highest BCUT2D eigenvalue weighted by Gasteiger charge is 2.24. The Morgan fingerprint density at radius 1 is 0.803 bits per heavy atom. The van der Waals surface area contributed by atoms with Crippen molar-refractivity contribution >= 4 is 78.6 Å². The molecule has 5 aromatic heterocycles. The number of nitrogens with two attached hydrogens (primary N) is 2. The molecule has 7 rings (SSSR count). The average Bonchev–Trinajstić information content (AvgIpc) is 4.02. The summed E-state index contributed by atoms with van der Waals surface area (Å²) in [4.78, 5) is 25.7. The Morgan fingerprint density at radius 2 is 1.33 bits per heavy atom. The van der Waals surface area contributed by atoms with Gasteiger partial charge in [-0.1, -0.05) is 5.04 Å². The number of aromatic nitrogens is 11. The number of aromatic carboxylic acids is 1. The minimum atomic E-state index is -4.90. The van der Waals surface area contributed by atoms with Crippen molar-refractivity contribution in [1.29, 1.82) is 5.26 Å². The number of hydrogen-bond acceptors (Lipinski definition) is 24. The van der Waals surface area contributed by atoms with Crippen LogP contribution in [0.15, 0.2) is 83.9 Å². The number of nitriles is 1. The van der Waals surface area contributed by atoms with Crippen LogP contribution >= 0.6 is 12.0 Å². The van der Waals surface area contributed by atoms with Crippen molar-refractivity contribution in [3.8, 4) is 35.4 Å². The first-order valence-corrected chi connectivity index (χ1v) is 20.9. The van der Waals surface area contributed by atoms with Gasteiger partial charge in [-0.2, -0.15) is 66.8 Å². The summed E-state index contributed by atoms with van der Waals surface area (Å²) >= 11 is 0.367. The number of nitrogen functional groups attached to an aromatic ring is 2. The number of carbonyl (C=O) groups is 1. The summed E-state index contributed by atoms with van der Waals surface area (Å²) in [6.45, 7) is 10.5. The van der Waals surface area contributed by atoms with E-state index in [-0.39, 0.29) is 73.6 Å². The second-order valence-corrected chi connectivity index (χ2v) is 16.4. The van der Waals surface area contributed by atoms with Gasteiger partial charge in [-0.15, -0.1) is 24.8 Å². The summed E-state index contributed by atoms with van der Waals surface area (Å²) in [6.07, 6.45) is 2.13. The fourth-order valence-corrected chi connectivity index (χ4v) is 7.28. The van der Waals surface area contributed by atoms with Crippen LogP contribution < -0.4 is 11.5 Å². The number of hydrogen-bond donors (Lipinski definition) is 7. The van der Waals surface area contributed by atoms with Crippen molar-refractivity contribution in [3.05, 3.63) is 82.7 Å². The Kier molecular flexibility index (Phi) is 12.1. The van der Waals surface area contributed by atoms with Crippen LogP contribution in [0.4, 0.5) is 40.3 Å². The fourth-order valence-electron chi connectivity index (χ4n) is 5.66. The Balaban J connectivity index is 1.23. The molecule has 0 aliphatic carbocycles. The molecular formula is C32H23N19O12S3. The van der Waals surface area contributed by atoms with E-state index < -0.39 is 59.5 Å². The normalized spacial score (nSPS) is 12.0. The summed E-state index contributed by atoms with van der Waals surface area (Å²) in [7, 11) is -9.70. The zero-order valence-electron chi connectivity index (χ0n) is 32.7. The third-order valence-electron chi connectivity index (χ3n) is 8.55. The maximum absolute atomic E-state index is 12.0. The molecule has 0 unspecified atom stereocenters. The summed E-state index contributed by atoms with van der Waals surface area (Å²) in [5, 5.41) is 75.1. The van der Waals surface area contributed by atoms with Crippen LogP contribution in [-0.4, -0.2) is 101 Å². The van der Waals surface area contributed by atoms with Crippen LogP contribution in [0.5, 0.6) is 6.01 Å². The van der Waals surface area contributed by atoms with E-state index in [4.69, 9.17) is 23.3 Å². The topological polar surface area (TPSA) is 445 Å². The molecule has 31 nitrogen and oxygen atoms in total. The van der Waals surface area contributed by atoms with Gasteiger partial charge in [-0.25, -0.2) is 24.3 Å². The standard InChI is InChI=1S/C32H23N19O12S3/c1-13-23(42-44-27-16(10-33)11-37-48(27)17-4-15(29(52)53)5-20(7-17)65(56,57)58)25(34)50(46-13)30-39-31(41-32(54)40-30)51-26(35)24(14(2)47-51)43-45-28-22(36-3)12-38-49(28)18-6-19(64-63-62-55)9-21(8-18)66(59,60)61/h4-9,11-12,55H,34-35H2,1-2H3,(H,52,53)(H,56,57,58)(H,59,60,61)(H,39,40,41,54). The lowest BCUT2D eigenvalue weighted by Gasteiger charge is -2.09. The predicted octanol–water partition coefficient (Wildman–Crippen LogP) is 3.97. The Hall–Kier alpha value is -8.61. The largest absolute Gasteiger partial charge is 0.479 e. The van der Waals surface area contributed by atoms with E-state index in [9.17, 15) is 46.2 Å². The number of carboxylic acid groups (broad SMARTS) is 1. The first-order valence-electron chi connectivity index (χ1n) is 17.3. The molecule has 9 N–H and O–H groups in total. The zero-order chi connectivity index (χ0) is 47.8. The van der Waals surface area contributed by atoms with Crippen LogP contribution in [0.2, 0.25) is 0 Å². The molecule has 0 aliphatic heterocycles. The van der Waals surface area contributed by atoms with Gasteiger partial charge in [-0.3, -0.25) is 9.11 Å². The summed E-state index contributed by atoms with van der Waals surface area (Å²) < 4.78 is 75.4. The molecule has 0 spiro atoms. The van der Waals surface area contributed by atoms with E-state index in [1.54, 1.807) is 0 Å². The molecule has 7 aromatic rings. The van der Waals surface area contributed by atoms with Crippen molar-refractivity contribution < 1.29 is 55.6 Å². The Morgan fingerprint density at radius 3 is 1.86 bits per heavy atom. The van der Waals surface area contributed by atoms with E-state index >= 15 is 0 Å². The van der Waals surface area contributed by atoms with Gasteiger partial charge in [0.1, 0.15) is 11.6 Å². The number of anilines is 2. The highest BCUT2D eigenvalue weighted by atomic mass is 32.2. The molecule has 0 saturated carbocycles. The minimum Gasteiger partial charge on any atom is -0.479 e. The molecule has 0 fully saturated rings. The van der Waals surface area contributed by atoms with Crippen molar-refractivity contribution in [2.24, 2.45) is 20.5 Å². The maximum Gasteiger partial charge on any atom is 0.335 e. The Bertz CT molecular complexity index is 3510. The molecule has 336 valence electrons. The molecule has 0 aliphatic rings. The Labute approximate surface area is 370 Å². The number of carboxylic acids is 1. The van der Waals surface area contributed by atoms with E-state index in [0.717, 1.165) is 55.4 Å². The van der Waals surface area contributed by atoms with Gasteiger partial charge in [0.05, 0.1) is 69.1 Å². The molecule has 2 aromatic carbocycles. The first kappa shape index (κ1) is 45.4. The number of aryl methyl sites for hydroxylation is 2. The molecule has 5 heterocycles. The summed E-state index contributed by atoms with van der Waals surface area (Å²) in [5.41, 5.74) is 11.5. The number of azo groups is 2. The molecule has 66 heavy (non-hydrogen) atoms. The monoisotopic (exact) mass is 961 g/mol. The number of rotatable bonds is 14. The van der Waals surface area contributed by atoms with Gasteiger partial charge >= 0.3 is 12.0 Å². The van der Waals surface area contributed by atoms with Crippen molar-refractivity contribution in [3.63, 3.8) is 0 Å².